The Morgan fingerprint density at radius 1 is 1.17 bits per heavy atom. The highest BCUT2D eigenvalue weighted by atomic mass is 32.2. The Labute approximate surface area is 173 Å². The van der Waals surface area contributed by atoms with Gasteiger partial charge in [-0.2, -0.15) is 4.31 Å². The average Bonchev–Trinajstić information content (AvgIpc) is 2.66. The van der Waals surface area contributed by atoms with E-state index in [1.807, 2.05) is 0 Å². The van der Waals surface area contributed by atoms with E-state index in [4.69, 9.17) is 4.74 Å². The molecule has 8 nitrogen and oxygen atoms in total. The summed E-state index contributed by atoms with van der Waals surface area (Å²) < 4.78 is 32.0. The molecule has 0 atom stereocenters. The van der Waals surface area contributed by atoms with E-state index in [9.17, 15) is 18.0 Å². The maximum atomic E-state index is 12.7. The number of amides is 2. The maximum Gasteiger partial charge on any atom is 0.410 e. The second kappa shape index (κ2) is 9.58. The fourth-order valence-electron chi connectivity index (χ4n) is 3.03. The molecule has 1 aliphatic rings. The van der Waals surface area contributed by atoms with Crippen LogP contribution in [0, 0.1) is 5.92 Å². The second-order valence-corrected chi connectivity index (χ2v) is 10.2. The molecule has 0 spiro atoms. The fraction of sp³-hybridized carbons (Fsp3) is 0.600. The molecule has 2 rings (SSSR count). The van der Waals surface area contributed by atoms with Crippen molar-refractivity contribution in [3.63, 3.8) is 0 Å². The summed E-state index contributed by atoms with van der Waals surface area (Å²) in [6, 6.07) is 8.41. The summed E-state index contributed by atoms with van der Waals surface area (Å²) in [6.07, 6.45) is 0.801. The normalized spacial score (nSPS) is 16.3. The van der Waals surface area contributed by atoms with E-state index < -0.39 is 21.7 Å². The smallest absolute Gasteiger partial charge is 0.410 e. The number of piperidine rings is 1. The van der Waals surface area contributed by atoms with E-state index in [-0.39, 0.29) is 18.4 Å². The monoisotopic (exact) mass is 425 g/mol. The van der Waals surface area contributed by atoms with Gasteiger partial charge in [0.1, 0.15) is 12.1 Å². The molecule has 1 aromatic rings. The molecule has 1 fully saturated rings. The van der Waals surface area contributed by atoms with Crippen molar-refractivity contribution in [1.82, 2.24) is 14.5 Å². The SMILES string of the molecule is CN(CC(=O)NCC1CCN(S(=O)(=O)c2ccccc2)CC1)C(=O)OC(C)(C)C. The van der Waals surface area contributed by atoms with Crippen molar-refractivity contribution in [2.75, 3.05) is 33.2 Å². The van der Waals surface area contributed by atoms with Gasteiger partial charge < -0.3 is 15.0 Å². The highest BCUT2D eigenvalue weighted by molar-refractivity contribution is 7.89. The summed E-state index contributed by atoms with van der Waals surface area (Å²) >= 11 is 0. The molecule has 2 amide bonds. The zero-order valence-corrected chi connectivity index (χ0v) is 18.4. The molecule has 1 aliphatic heterocycles. The number of nitrogens with zero attached hydrogens (tertiary/aromatic N) is 2. The lowest BCUT2D eigenvalue weighted by atomic mass is 9.98. The zero-order chi connectivity index (χ0) is 21.7. The first-order valence-electron chi connectivity index (χ1n) is 9.75. The standard InChI is InChI=1S/C20H31N3O5S/c1-20(2,3)28-19(25)22(4)15-18(24)21-14-16-10-12-23(13-11-16)29(26,27)17-8-6-5-7-9-17/h5-9,16H,10-15H2,1-4H3,(H,21,24). The number of benzene rings is 1. The Morgan fingerprint density at radius 3 is 2.31 bits per heavy atom. The molecule has 0 aromatic heterocycles. The van der Waals surface area contributed by atoms with Gasteiger partial charge in [0.05, 0.1) is 4.90 Å². The Kier molecular flexibility index (Phi) is 7.65. The minimum Gasteiger partial charge on any atom is -0.444 e. The van der Waals surface area contributed by atoms with Crippen molar-refractivity contribution in [1.29, 1.82) is 0 Å². The zero-order valence-electron chi connectivity index (χ0n) is 17.6. The van der Waals surface area contributed by atoms with Crippen molar-refractivity contribution < 1.29 is 22.7 Å². The highest BCUT2D eigenvalue weighted by Gasteiger charge is 2.29. The molecule has 1 aromatic carbocycles. The molecule has 0 unspecified atom stereocenters. The lowest BCUT2D eigenvalue weighted by Gasteiger charge is -2.31. The van der Waals surface area contributed by atoms with Crippen molar-refractivity contribution in [2.24, 2.45) is 5.92 Å². The van der Waals surface area contributed by atoms with Crippen LogP contribution in [-0.2, 0) is 19.6 Å². The summed E-state index contributed by atoms with van der Waals surface area (Å²) in [5.41, 5.74) is -0.615. The van der Waals surface area contributed by atoms with Crippen LogP contribution in [0.15, 0.2) is 35.2 Å². The van der Waals surface area contributed by atoms with E-state index in [0.29, 0.717) is 37.4 Å². The molecule has 0 saturated carbocycles. The summed E-state index contributed by atoms with van der Waals surface area (Å²) in [5.74, 6) is -0.0642. The number of carbonyl (C=O) groups is 2. The van der Waals surface area contributed by atoms with Crippen molar-refractivity contribution >= 4 is 22.0 Å². The quantitative estimate of drug-likeness (QED) is 0.753. The maximum absolute atomic E-state index is 12.7. The molecule has 9 heteroatoms. The number of likely N-dealkylation sites (N-methyl/N-ethyl adjacent to an activating group) is 1. The van der Waals surface area contributed by atoms with E-state index >= 15 is 0 Å². The Balaban J connectivity index is 1.76. The predicted octanol–water partition coefficient (Wildman–Crippen LogP) is 2.07. The van der Waals surface area contributed by atoms with Crippen LogP contribution in [0.2, 0.25) is 0 Å². The third kappa shape index (κ3) is 7.01. The molecule has 29 heavy (non-hydrogen) atoms. The number of ether oxygens (including phenoxy) is 1. The van der Waals surface area contributed by atoms with E-state index in [0.717, 1.165) is 0 Å². The Hall–Kier alpha value is -2.13. The fourth-order valence-corrected chi connectivity index (χ4v) is 4.52. The van der Waals surface area contributed by atoms with E-state index in [2.05, 4.69) is 5.32 Å². The minimum atomic E-state index is -3.47. The van der Waals surface area contributed by atoms with Crippen LogP contribution in [0.5, 0.6) is 0 Å². The van der Waals surface area contributed by atoms with Crippen LogP contribution in [0.4, 0.5) is 4.79 Å². The summed E-state index contributed by atoms with van der Waals surface area (Å²) in [5, 5.41) is 2.83. The lowest BCUT2D eigenvalue weighted by molar-refractivity contribution is -0.122. The van der Waals surface area contributed by atoms with Crippen molar-refractivity contribution in [3.8, 4) is 0 Å². The van der Waals surface area contributed by atoms with Gasteiger partial charge in [0.15, 0.2) is 0 Å². The lowest BCUT2D eigenvalue weighted by Crippen LogP contribution is -2.44. The molecule has 0 aliphatic carbocycles. The third-order valence-electron chi connectivity index (χ3n) is 4.63. The first-order chi connectivity index (χ1) is 13.5. The first kappa shape index (κ1) is 23.2. The van der Waals surface area contributed by atoms with E-state index in [1.165, 1.54) is 16.3 Å². The molecule has 1 N–H and O–H groups in total. The number of nitrogens with one attached hydrogen (secondary N) is 1. The number of hydrogen-bond donors (Lipinski definition) is 1. The van der Waals surface area contributed by atoms with Crippen LogP contribution in [0.25, 0.3) is 0 Å². The van der Waals surface area contributed by atoms with E-state index in [1.54, 1.807) is 51.1 Å². The number of rotatable bonds is 6. The van der Waals surface area contributed by atoms with Crippen molar-refractivity contribution in [3.05, 3.63) is 30.3 Å². The molecule has 0 bridgehead atoms. The molecule has 1 saturated heterocycles. The summed E-state index contributed by atoms with van der Waals surface area (Å²) in [6.45, 7) is 6.52. The molecule has 1 heterocycles. The third-order valence-corrected chi connectivity index (χ3v) is 6.54. The summed E-state index contributed by atoms with van der Waals surface area (Å²) in [7, 11) is -1.95. The van der Waals surface area contributed by atoms with Crippen LogP contribution < -0.4 is 5.32 Å². The van der Waals surface area contributed by atoms with Gasteiger partial charge in [-0.3, -0.25) is 4.79 Å². The summed E-state index contributed by atoms with van der Waals surface area (Å²) in [4.78, 5) is 25.6. The first-order valence-corrected chi connectivity index (χ1v) is 11.2. The number of sulfonamides is 1. The average molecular weight is 426 g/mol. The van der Waals surface area contributed by atoms with Crippen LogP contribution in [-0.4, -0.2) is 68.5 Å². The minimum absolute atomic E-state index is 0.0872. The van der Waals surface area contributed by atoms with Gasteiger partial charge in [0.2, 0.25) is 15.9 Å². The van der Waals surface area contributed by atoms with Gasteiger partial charge in [-0.25, -0.2) is 13.2 Å². The van der Waals surface area contributed by atoms with Crippen LogP contribution >= 0.6 is 0 Å². The van der Waals surface area contributed by atoms with Gasteiger partial charge in [0, 0.05) is 26.7 Å². The van der Waals surface area contributed by atoms with Gasteiger partial charge >= 0.3 is 6.09 Å². The molecule has 0 radical (unpaired) electrons. The van der Waals surface area contributed by atoms with Crippen LogP contribution in [0.3, 0.4) is 0 Å². The Morgan fingerprint density at radius 2 is 1.76 bits per heavy atom. The largest absolute Gasteiger partial charge is 0.444 e. The predicted molar refractivity (Wildman–Crippen MR) is 110 cm³/mol. The molecular weight excluding hydrogens is 394 g/mol. The highest BCUT2D eigenvalue weighted by Crippen LogP contribution is 2.23. The van der Waals surface area contributed by atoms with Crippen LogP contribution in [0.1, 0.15) is 33.6 Å². The number of hydrogen-bond acceptors (Lipinski definition) is 5. The van der Waals surface area contributed by atoms with Gasteiger partial charge in [0.25, 0.3) is 0 Å². The Bertz CT molecular complexity index is 797. The number of carbonyl (C=O) groups excluding carboxylic acids is 2. The topological polar surface area (TPSA) is 96.0 Å². The molecular formula is C20H31N3O5S. The molecule has 162 valence electrons. The van der Waals surface area contributed by atoms with Gasteiger partial charge in [-0.15, -0.1) is 0 Å². The van der Waals surface area contributed by atoms with Gasteiger partial charge in [-0.05, 0) is 51.7 Å². The van der Waals surface area contributed by atoms with Crippen molar-refractivity contribution in [2.45, 2.75) is 44.1 Å². The van der Waals surface area contributed by atoms with Gasteiger partial charge in [-0.1, -0.05) is 18.2 Å². The second-order valence-electron chi connectivity index (χ2n) is 8.30.